The summed E-state index contributed by atoms with van der Waals surface area (Å²) >= 11 is 6.03. The van der Waals surface area contributed by atoms with Gasteiger partial charge in [-0.2, -0.15) is 0 Å². The van der Waals surface area contributed by atoms with Crippen LogP contribution in [-0.4, -0.2) is 46.1 Å². The second-order valence-corrected chi connectivity index (χ2v) is 8.00. The highest BCUT2D eigenvalue weighted by atomic mass is 35.5. The molecule has 0 saturated carbocycles. The van der Waals surface area contributed by atoms with E-state index in [0.717, 1.165) is 11.1 Å². The minimum absolute atomic E-state index is 0.146. The number of nitrogens with zero attached hydrogens (tertiary/aromatic N) is 2. The molecule has 1 aliphatic rings. The van der Waals surface area contributed by atoms with Crippen molar-refractivity contribution in [1.82, 2.24) is 15.4 Å². The molecule has 2 N–H and O–H groups in total. The molecule has 0 spiro atoms. The maximum Gasteiger partial charge on any atom is 0.265 e. The van der Waals surface area contributed by atoms with E-state index in [1.807, 2.05) is 38.1 Å². The number of hydrogen-bond donors (Lipinski definition) is 2. The van der Waals surface area contributed by atoms with Gasteiger partial charge in [0.05, 0.1) is 12.0 Å². The normalized spacial score (nSPS) is 19.3. The predicted molar refractivity (Wildman–Crippen MR) is 114 cm³/mol. The van der Waals surface area contributed by atoms with Crippen LogP contribution in [0.15, 0.2) is 36.4 Å². The summed E-state index contributed by atoms with van der Waals surface area (Å²) in [6.07, 6.45) is 0.574. The van der Waals surface area contributed by atoms with Gasteiger partial charge in [0.25, 0.3) is 5.91 Å². The van der Waals surface area contributed by atoms with Gasteiger partial charge >= 0.3 is 0 Å². The Morgan fingerprint density at radius 1 is 1.32 bits per heavy atom. The monoisotopic (exact) mass is 447 g/mol. The lowest BCUT2D eigenvalue weighted by Crippen LogP contribution is -2.47. The van der Waals surface area contributed by atoms with Gasteiger partial charge in [0.15, 0.2) is 0 Å². The Bertz CT molecular complexity index is 953. The molecule has 0 radical (unpaired) electrons. The number of benzene rings is 1. The lowest BCUT2D eigenvalue weighted by molar-refractivity contribution is -0.143. The topological polar surface area (TPSA) is 101 Å². The number of aromatic nitrogens is 1. The minimum atomic E-state index is -0.743. The zero-order valence-electron chi connectivity index (χ0n) is 17.7. The van der Waals surface area contributed by atoms with Gasteiger partial charge in [0.2, 0.25) is 11.8 Å². The Morgan fingerprint density at radius 2 is 2.03 bits per heavy atom. The van der Waals surface area contributed by atoms with E-state index in [4.69, 9.17) is 26.3 Å². The molecule has 0 aliphatic carbocycles. The average molecular weight is 448 g/mol. The fraction of sp³-hybridized carbons (Fsp3) is 0.409. The molecular formula is C22H26ClN3O5. The zero-order chi connectivity index (χ0) is 22.6. The number of rotatable bonds is 8. The molecule has 166 valence electrons. The van der Waals surface area contributed by atoms with E-state index in [-0.39, 0.29) is 5.91 Å². The van der Waals surface area contributed by atoms with Crippen LogP contribution in [-0.2, 0) is 21.6 Å². The Morgan fingerprint density at radius 3 is 2.68 bits per heavy atom. The first-order valence-corrected chi connectivity index (χ1v) is 10.4. The van der Waals surface area contributed by atoms with Crippen LogP contribution in [0.25, 0.3) is 0 Å². The molecule has 31 heavy (non-hydrogen) atoms. The standard InChI is InChI=1S/C22H26ClN3O5/c1-4-30-19-12-15(11-18(23)24-19)13-31-17-7-5-16(6-8-17)22(3)9-10-26(21(22)28)14(2)20(27)25-29/h5-8,11-12,14,29H,4,9-10,13H2,1-3H3,(H,25,27). The number of pyridine rings is 1. The molecule has 2 aromatic rings. The lowest BCUT2D eigenvalue weighted by atomic mass is 9.81. The lowest BCUT2D eigenvalue weighted by Gasteiger charge is -2.27. The smallest absolute Gasteiger partial charge is 0.265 e. The highest BCUT2D eigenvalue weighted by Gasteiger charge is 2.46. The van der Waals surface area contributed by atoms with Gasteiger partial charge < -0.3 is 14.4 Å². The molecular weight excluding hydrogens is 422 g/mol. The van der Waals surface area contributed by atoms with Gasteiger partial charge in [0.1, 0.15) is 23.6 Å². The van der Waals surface area contributed by atoms with Crippen LogP contribution >= 0.6 is 11.6 Å². The van der Waals surface area contributed by atoms with Crippen molar-refractivity contribution in [3.05, 3.63) is 52.7 Å². The van der Waals surface area contributed by atoms with E-state index in [1.165, 1.54) is 4.90 Å². The highest BCUT2D eigenvalue weighted by Crippen LogP contribution is 2.37. The molecule has 1 aromatic heterocycles. The number of hydroxylamine groups is 1. The number of hydrogen-bond acceptors (Lipinski definition) is 6. The summed E-state index contributed by atoms with van der Waals surface area (Å²) in [6.45, 7) is 6.55. The third-order valence-electron chi connectivity index (χ3n) is 5.56. The number of carbonyl (C=O) groups excluding carboxylic acids is 2. The summed E-state index contributed by atoms with van der Waals surface area (Å²) in [7, 11) is 0. The van der Waals surface area contributed by atoms with E-state index < -0.39 is 17.4 Å². The Labute approximate surface area is 186 Å². The average Bonchev–Trinajstić information content (AvgIpc) is 3.07. The Hall–Kier alpha value is -2.84. The number of amides is 2. The van der Waals surface area contributed by atoms with E-state index in [9.17, 15) is 9.59 Å². The van der Waals surface area contributed by atoms with Gasteiger partial charge in [0, 0.05) is 12.6 Å². The summed E-state index contributed by atoms with van der Waals surface area (Å²) in [4.78, 5) is 30.3. The molecule has 1 aliphatic heterocycles. The Balaban J connectivity index is 1.68. The first-order chi connectivity index (χ1) is 14.8. The van der Waals surface area contributed by atoms with E-state index in [0.29, 0.717) is 43.0 Å². The van der Waals surface area contributed by atoms with Crippen molar-refractivity contribution in [3.63, 3.8) is 0 Å². The van der Waals surface area contributed by atoms with E-state index >= 15 is 0 Å². The second-order valence-electron chi connectivity index (χ2n) is 7.62. The number of carbonyl (C=O) groups is 2. The maximum absolute atomic E-state index is 13.0. The van der Waals surface area contributed by atoms with E-state index in [2.05, 4.69) is 4.98 Å². The van der Waals surface area contributed by atoms with Crippen LogP contribution in [0, 0.1) is 0 Å². The first-order valence-electron chi connectivity index (χ1n) is 10.1. The van der Waals surface area contributed by atoms with Crippen LogP contribution in [0.4, 0.5) is 0 Å². The minimum Gasteiger partial charge on any atom is -0.489 e. The van der Waals surface area contributed by atoms with Gasteiger partial charge in [-0.1, -0.05) is 23.7 Å². The van der Waals surface area contributed by atoms with Crippen molar-refractivity contribution >= 4 is 23.4 Å². The second kappa shape index (κ2) is 9.53. The molecule has 3 rings (SSSR count). The predicted octanol–water partition coefficient (Wildman–Crippen LogP) is 3.10. The molecule has 1 fully saturated rings. The van der Waals surface area contributed by atoms with Crippen molar-refractivity contribution in [2.75, 3.05) is 13.2 Å². The fourth-order valence-electron chi connectivity index (χ4n) is 3.66. The molecule has 2 atom stereocenters. The molecule has 9 heteroatoms. The molecule has 2 amide bonds. The molecule has 0 bridgehead atoms. The Kier molecular flexibility index (Phi) is 7.02. The number of nitrogens with one attached hydrogen (secondary N) is 1. The number of ether oxygens (including phenoxy) is 2. The third-order valence-corrected chi connectivity index (χ3v) is 5.76. The fourth-order valence-corrected chi connectivity index (χ4v) is 3.88. The van der Waals surface area contributed by atoms with Gasteiger partial charge in [-0.15, -0.1) is 0 Å². The first kappa shape index (κ1) is 22.8. The summed E-state index contributed by atoms with van der Waals surface area (Å²) in [5, 5.41) is 9.18. The molecule has 1 aromatic carbocycles. The van der Waals surface area contributed by atoms with Crippen LogP contribution in [0.5, 0.6) is 11.6 Å². The van der Waals surface area contributed by atoms with Crippen molar-refractivity contribution in [2.45, 2.75) is 45.3 Å². The van der Waals surface area contributed by atoms with Crippen molar-refractivity contribution < 1.29 is 24.3 Å². The third kappa shape index (κ3) is 4.91. The van der Waals surface area contributed by atoms with Gasteiger partial charge in [-0.05, 0) is 56.5 Å². The highest BCUT2D eigenvalue weighted by molar-refractivity contribution is 6.29. The molecule has 2 unspecified atom stereocenters. The zero-order valence-corrected chi connectivity index (χ0v) is 18.5. The number of halogens is 1. The molecule has 1 saturated heterocycles. The van der Waals surface area contributed by atoms with Crippen LogP contribution < -0.4 is 15.0 Å². The number of likely N-dealkylation sites (tertiary alicyclic amines) is 1. The van der Waals surface area contributed by atoms with Gasteiger partial charge in [-0.25, -0.2) is 10.5 Å². The summed E-state index contributed by atoms with van der Waals surface area (Å²) in [5.74, 6) is 0.344. The van der Waals surface area contributed by atoms with Crippen molar-refractivity contribution in [3.8, 4) is 11.6 Å². The van der Waals surface area contributed by atoms with Crippen LogP contribution in [0.3, 0.4) is 0 Å². The summed E-state index contributed by atoms with van der Waals surface area (Å²) in [6, 6.07) is 10.1. The summed E-state index contributed by atoms with van der Waals surface area (Å²) < 4.78 is 11.2. The molecule has 8 nitrogen and oxygen atoms in total. The summed E-state index contributed by atoms with van der Waals surface area (Å²) in [5.41, 5.74) is 2.54. The van der Waals surface area contributed by atoms with E-state index in [1.54, 1.807) is 24.5 Å². The van der Waals surface area contributed by atoms with Crippen molar-refractivity contribution in [2.24, 2.45) is 0 Å². The van der Waals surface area contributed by atoms with Crippen LogP contribution in [0.1, 0.15) is 38.3 Å². The quantitative estimate of drug-likeness (QED) is 0.366. The molecule has 2 heterocycles. The SMILES string of the molecule is CCOc1cc(COc2ccc(C3(C)CCN(C(C)C(=O)NO)C3=O)cc2)cc(Cl)n1. The maximum atomic E-state index is 13.0. The van der Waals surface area contributed by atoms with Crippen LogP contribution in [0.2, 0.25) is 5.15 Å². The van der Waals surface area contributed by atoms with Crippen molar-refractivity contribution in [1.29, 1.82) is 0 Å². The van der Waals surface area contributed by atoms with Gasteiger partial charge in [-0.3, -0.25) is 14.8 Å². The largest absolute Gasteiger partial charge is 0.489 e.